The maximum Gasteiger partial charge on any atom is 0.509 e. The minimum absolute atomic E-state index is 0.191. The molecule has 8 rings (SSSR count). The van der Waals surface area contributed by atoms with Gasteiger partial charge in [-0.15, -0.1) is 0 Å². The third kappa shape index (κ3) is 3.85. The molecule has 8 fully saturated rings. The highest BCUT2D eigenvalue weighted by Crippen LogP contribution is 2.64. The number of ether oxygens (including phenoxy) is 3. The van der Waals surface area contributed by atoms with Crippen LogP contribution in [-0.4, -0.2) is 48.2 Å². The van der Waals surface area contributed by atoms with Gasteiger partial charge in [-0.05, 0) is 113 Å². The van der Waals surface area contributed by atoms with Crippen molar-refractivity contribution in [3.63, 3.8) is 0 Å². The summed E-state index contributed by atoms with van der Waals surface area (Å²) in [6.45, 7) is 1.64. The van der Waals surface area contributed by atoms with Gasteiger partial charge in [0.2, 0.25) is 0 Å². The molecule has 0 spiro atoms. The maximum atomic E-state index is 13.7. The first kappa shape index (κ1) is 24.8. The van der Waals surface area contributed by atoms with Gasteiger partial charge in [0.25, 0.3) is 0 Å². The Labute approximate surface area is 209 Å². The molecule has 0 aliphatic heterocycles. The highest BCUT2D eigenvalue weighted by molar-refractivity contribution is 7.87. The summed E-state index contributed by atoms with van der Waals surface area (Å²) >= 11 is 0. The van der Waals surface area contributed by atoms with Gasteiger partial charge in [-0.3, -0.25) is 4.55 Å². The molecule has 0 aromatic rings. The van der Waals surface area contributed by atoms with Crippen LogP contribution in [0, 0.1) is 40.9 Å². The summed E-state index contributed by atoms with van der Waals surface area (Å²) in [5, 5.41) is -5.03. The van der Waals surface area contributed by atoms with E-state index in [4.69, 9.17) is 18.8 Å². The van der Waals surface area contributed by atoms with Gasteiger partial charge >= 0.3 is 27.5 Å². The minimum atomic E-state index is -5.93. The molecule has 2 unspecified atom stereocenters. The molecule has 8 saturated carbocycles. The van der Waals surface area contributed by atoms with E-state index in [1.807, 2.05) is 0 Å². The summed E-state index contributed by atoms with van der Waals surface area (Å²) in [5.41, 5.74) is -2.01. The lowest BCUT2D eigenvalue weighted by Gasteiger charge is -2.61. The van der Waals surface area contributed by atoms with E-state index >= 15 is 0 Å². The topological polar surface area (TPSA) is 116 Å². The predicted octanol–water partition coefficient (Wildman–Crippen LogP) is 4.72. The molecule has 0 radical (unpaired) electrons. The molecular formula is C25H34F2O8S. The molecule has 0 aromatic heterocycles. The van der Waals surface area contributed by atoms with E-state index < -0.39 is 50.7 Å². The van der Waals surface area contributed by atoms with Crippen molar-refractivity contribution in [1.29, 1.82) is 0 Å². The third-order valence-electron chi connectivity index (χ3n) is 10.6. The van der Waals surface area contributed by atoms with Gasteiger partial charge in [0.1, 0.15) is 11.2 Å². The van der Waals surface area contributed by atoms with Crippen LogP contribution in [0.15, 0.2) is 0 Å². The molecule has 0 heterocycles. The number of esters is 1. The Morgan fingerprint density at radius 3 is 1.94 bits per heavy atom. The highest BCUT2D eigenvalue weighted by atomic mass is 32.2. The zero-order chi connectivity index (χ0) is 25.7. The summed E-state index contributed by atoms with van der Waals surface area (Å²) in [5.74, 6) is 0.275. The van der Waals surface area contributed by atoms with E-state index in [1.165, 1.54) is 6.42 Å². The van der Waals surface area contributed by atoms with E-state index in [9.17, 15) is 26.8 Å². The van der Waals surface area contributed by atoms with E-state index in [1.54, 1.807) is 0 Å². The standard InChI is InChI=1S/C25H34F2O8S/c1-22(18-4-14-2-15(6-18)7-19(22)5-14)34-21(29)35-24-10-16-3-17(11-24)9-23(8-16,12-24)13-33-20(28)25(26,27)36(30,31)32/h14-19H,2-13H2,1H3,(H,30,31,32). The van der Waals surface area contributed by atoms with Gasteiger partial charge in [0, 0.05) is 5.41 Å². The van der Waals surface area contributed by atoms with Crippen LogP contribution in [0.3, 0.4) is 0 Å². The normalized spacial score (nSPS) is 46.6. The molecule has 1 N–H and O–H groups in total. The van der Waals surface area contributed by atoms with Crippen molar-refractivity contribution in [3.8, 4) is 0 Å². The fraction of sp³-hybridized carbons (Fsp3) is 0.920. The Morgan fingerprint density at radius 1 is 0.889 bits per heavy atom. The van der Waals surface area contributed by atoms with Gasteiger partial charge in [0.15, 0.2) is 0 Å². The first-order valence-electron chi connectivity index (χ1n) is 13.1. The Balaban J connectivity index is 1.14. The number of hydrogen-bond acceptors (Lipinski definition) is 7. The zero-order valence-corrected chi connectivity index (χ0v) is 21.2. The number of halogens is 2. The summed E-state index contributed by atoms with van der Waals surface area (Å²) in [7, 11) is -5.93. The van der Waals surface area contributed by atoms with Crippen LogP contribution in [0.25, 0.3) is 0 Å². The second kappa shape index (κ2) is 7.77. The van der Waals surface area contributed by atoms with Crippen molar-refractivity contribution in [2.45, 2.75) is 94.0 Å². The van der Waals surface area contributed by atoms with Gasteiger partial charge in [0.05, 0.1) is 6.61 Å². The average molecular weight is 533 g/mol. The lowest BCUT2D eigenvalue weighted by Crippen LogP contribution is -2.61. The van der Waals surface area contributed by atoms with Crippen molar-refractivity contribution < 1.29 is 45.6 Å². The summed E-state index contributed by atoms with van der Waals surface area (Å²) < 4.78 is 74.9. The second-order valence-corrected chi connectivity index (χ2v) is 14.6. The molecule has 202 valence electrons. The third-order valence-corrected chi connectivity index (χ3v) is 11.4. The van der Waals surface area contributed by atoms with Crippen molar-refractivity contribution >= 4 is 22.2 Å². The van der Waals surface area contributed by atoms with Crippen LogP contribution in [0.4, 0.5) is 13.6 Å². The molecule has 8 aliphatic rings. The van der Waals surface area contributed by atoms with Crippen LogP contribution in [0.1, 0.15) is 77.6 Å². The molecule has 8 bridgehead atoms. The SMILES string of the molecule is CC1(OC(=O)OC23CC4CC(CC(COC(=O)C(F)(F)S(=O)(=O)O)(C4)C2)C3)C2CC3CC(C2)CC1C3. The Kier molecular flexibility index (Phi) is 5.36. The Hall–Kier alpha value is -1.49. The summed E-state index contributed by atoms with van der Waals surface area (Å²) in [6, 6.07) is 0. The van der Waals surface area contributed by atoms with E-state index in [0.29, 0.717) is 43.9 Å². The molecule has 8 aliphatic carbocycles. The zero-order valence-electron chi connectivity index (χ0n) is 20.4. The quantitative estimate of drug-likeness (QED) is 0.386. The van der Waals surface area contributed by atoms with Crippen LogP contribution in [0.5, 0.6) is 0 Å². The predicted molar refractivity (Wildman–Crippen MR) is 120 cm³/mol. The van der Waals surface area contributed by atoms with Crippen molar-refractivity contribution in [1.82, 2.24) is 0 Å². The summed E-state index contributed by atoms with van der Waals surface area (Å²) in [4.78, 5) is 25.0. The molecule has 0 amide bonds. The van der Waals surface area contributed by atoms with Gasteiger partial charge in [-0.1, -0.05) is 0 Å². The van der Waals surface area contributed by atoms with Crippen LogP contribution in [-0.2, 0) is 29.1 Å². The molecule has 8 nitrogen and oxygen atoms in total. The van der Waals surface area contributed by atoms with Crippen LogP contribution >= 0.6 is 0 Å². The fourth-order valence-corrected chi connectivity index (χ4v) is 9.99. The van der Waals surface area contributed by atoms with Crippen molar-refractivity contribution in [2.24, 2.45) is 40.9 Å². The molecule has 36 heavy (non-hydrogen) atoms. The molecular weight excluding hydrogens is 498 g/mol. The Morgan fingerprint density at radius 2 is 1.42 bits per heavy atom. The van der Waals surface area contributed by atoms with E-state index in [2.05, 4.69) is 6.92 Å². The second-order valence-electron chi connectivity index (χ2n) is 13.2. The lowest BCUT2D eigenvalue weighted by molar-refractivity contribution is -0.217. The van der Waals surface area contributed by atoms with Gasteiger partial charge < -0.3 is 14.2 Å². The molecule has 2 atom stereocenters. The van der Waals surface area contributed by atoms with Crippen molar-refractivity contribution in [3.05, 3.63) is 0 Å². The first-order chi connectivity index (χ1) is 16.7. The van der Waals surface area contributed by atoms with Gasteiger partial charge in [-0.25, -0.2) is 9.59 Å². The number of rotatable bonds is 6. The average Bonchev–Trinajstić information content (AvgIpc) is 2.73. The highest BCUT2D eigenvalue weighted by Gasteiger charge is 2.62. The molecule has 0 saturated heterocycles. The van der Waals surface area contributed by atoms with Gasteiger partial charge in [-0.2, -0.15) is 17.2 Å². The van der Waals surface area contributed by atoms with Crippen LogP contribution < -0.4 is 0 Å². The number of carbonyl (C=O) groups excluding carboxylic acids is 2. The fourth-order valence-electron chi connectivity index (χ4n) is 9.72. The summed E-state index contributed by atoms with van der Waals surface area (Å²) in [6.07, 6.45) is 8.83. The number of hydrogen-bond donors (Lipinski definition) is 1. The largest absolute Gasteiger partial charge is 0.509 e. The maximum absolute atomic E-state index is 13.7. The Bertz CT molecular complexity index is 1030. The van der Waals surface area contributed by atoms with E-state index in [-0.39, 0.29) is 11.8 Å². The first-order valence-corrected chi connectivity index (χ1v) is 14.6. The minimum Gasteiger partial charge on any atom is -0.460 e. The van der Waals surface area contributed by atoms with Crippen molar-refractivity contribution in [2.75, 3.05) is 6.61 Å². The molecule has 0 aromatic carbocycles. The lowest BCUT2D eigenvalue weighted by atomic mass is 9.48. The van der Waals surface area contributed by atoms with E-state index in [0.717, 1.165) is 43.9 Å². The number of carbonyl (C=O) groups is 2. The number of alkyl halides is 2. The van der Waals surface area contributed by atoms with Crippen LogP contribution in [0.2, 0.25) is 0 Å². The molecule has 11 heteroatoms. The monoisotopic (exact) mass is 532 g/mol. The smallest absolute Gasteiger partial charge is 0.460 e.